The van der Waals surface area contributed by atoms with Crippen molar-refractivity contribution in [3.8, 4) is 5.75 Å². The van der Waals surface area contributed by atoms with Gasteiger partial charge in [-0.15, -0.1) is 0 Å². The maximum atomic E-state index is 10.5. The zero-order valence-electron chi connectivity index (χ0n) is 15.3. The van der Waals surface area contributed by atoms with Crippen LogP contribution in [-0.4, -0.2) is 17.9 Å². The van der Waals surface area contributed by atoms with Gasteiger partial charge in [-0.25, -0.2) is 0 Å². The molecule has 1 N–H and O–H groups in total. The van der Waals surface area contributed by atoms with Gasteiger partial charge in [0, 0.05) is 17.1 Å². The molecule has 3 nitrogen and oxygen atoms in total. The van der Waals surface area contributed by atoms with Gasteiger partial charge in [0.1, 0.15) is 12.4 Å². The van der Waals surface area contributed by atoms with Crippen molar-refractivity contribution < 1.29 is 9.53 Å². The predicted octanol–water partition coefficient (Wildman–Crippen LogP) is 5.08. The van der Waals surface area contributed by atoms with Crippen LogP contribution in [0.5, 0.6) is 5.75 Å². The molecule has 0 radical (unpaired) electrons. The number of rotatable bonds is 6. The summed E-state index contributed by atoms with van der Waals surface area (Å²) in [6.45, 7) is 8.75. The number of H-pyrrole nitrogens is 1. The number of nitrogens with one attached hydrogen (secondary N) is 1. The molecule has 0 fully saturated rings. The van der Waals surface area contributed by atoms with Gasteiger partial charge in [0.25, 0.3) is 0 Å². The largest absolute Gasteiger partial charge is 0.486 e. The third kappa shape index (κ3) is 3.60. The summed E-state index contributed by atoms with van der Waals surface area (Å²) >= 11 is 0. The van der Waals surface area contributed by atoms with Gasteiger partial charge in [0.2, 0.25) is 0 Å². The molecule has 0 saturated heterocycles. The number of aromatic nitrogens is 1. The van der Waals surface area contributed by atoms with Crippen molar-refractivity contribution in [2.75, 3.05) is 6.61 Å². The quantitative estimate of drug-likeness (QED) is 0.639. The van der Waals surface area contributed by atoms with E-state index >= 15 is 0 Å². The number of ether oxygens (including phenoxy) is 1. The Hall–Kier alpha value is -2.55. The van der Waals surface area contributed by atoms with Gasteiger partial charge in [-0.1, -0.05) is 19.9 Å². The maximum Gasteiger partial charge on any atom is 0.157 e. The lowest BCUT2D eigenvalue weighted by molar-refractivity contribution is -0.109. The number of aldehydes is 1. The third-order valence-electron chi connectivity index (χ3n) is 4.77. The molecule has 0 aliphatic heterocycles. The van der Waals surface area contributed by atoms with Crippen LogP contribution in [0.15, 0.2) is 36.5 Å². The van der Waals surface area contributed by atoms with Gasteiger partial charge in [-0.3, -0.25) is 4.79 Å². The van der Waals surface area contributed by atoms with Gasteiger partial charge in [-0.2, -0.15) is 0 Å². The fourth-order valence-electron chi connectivity index (χ4n) is 3.43. The maximum absolute atomic E-state index is 10.5. The smallest absolute Gasteiger partial charge is 0.157 e. The van der Waals surface area contributed by atoms with Crippen molar-refractivity contribution >= 4 is 17.2 Å². The molecule has 3 rings (SSSR count). The third-order valence-corrected chi connectivity index (χ3v) is 4.77. The molecule has 0 amide bonds. The topological polar surface area (TPSA) is 42.1 Å². The van der Waals surface area contributed by atoms with E-state index in [4.69, 9.17) is 4.74 Å². The van der Waals surface area contributed by atoms with E-state index < -0.39 is 0 Å². The van der Waals surface area contributed by atoms with Crippen LogP contribution in [0.4, 0.5) is 0 Å². The molecule has 0 saturated carbocycles. The highest BCUT2D eigenvalue weighted by Gasteiger charge is 2.11. The Kier molecular flexibility index (Phi) is 4.93. The summed E-state index contributed by atoms with van der Waals surface area (Å²) in [5, 5.41) is 1.31. The van der Waals surface area contributed by atoms with E-state index in [0.717, 1.165) is 18.5 Å². The number of hydrogen-bond acceptors (Lipinski definition) is 2. The molecule has 1 aromatic heterocycles. The van der Waals surface area contributed by atoms with Crippen molar-refractivity contribution in [1.29, 1.82) is 0 Å². The second-order valence-corrected chi connectivity index (χ2v) is 6.97. The molecular formula is C22H25NO2. The molecule has 0 aliphatic rings. The summed E-state index contributed by atoms with van der Waals surface area (Å²) in [5.41, 5.74) is 7.57. The summed E-state index contributed by atoms with van der Waals surface area (Å²) < 4.78 is 5.44. The Morgan fingerprint density at radius 1 is 1.12 bits per heavy atom. The van der Waals surface area contributed by atoms with E-state index in [0.29, 0.717) is 5.92 Å². The number of carbonyl (C=O) groups is 1. The highest BCUT2D eigenvalue weighted by Crippen LogP contribution is 2.29. The summed E-state index contributed by atoms with van der Waals surface area (Å²) in [5.74, 6) is 1.26. The lowest BCUT2D eigenvalue weighted by Crippen LogP contribution is -2.01. The van der Waals surface area contributed by atoms with Crippen LogP contribution in [-0.2, 0) is 11.2 Å². The van der Waals surface area contributed by atoms with E-state index in [1.165, 1.54) is 38.7 Å². The first-order valence-corrected chi connectivity index (χ1v) is 8.76. The van der Waals surface area contributed by atoms with Crippen molar-refractivity contribution in [3.63, 3.8) is 0 Å². The minimum absolute atomic E-state index is 0.0976. The SMILES string of the molecule is Cc1cc(OCC=O)cc(C)c1Cc1ccc2[nH]cc(C(C)C)c2c1. The summed E-state index contributed by atoms with van der Waals surface area (Å²) in [6.07, 6.45) is 3.79. The van der Waals surface area contributed by atoms with Crippen molar-refractivity contribution in [2.24, 2.45) is 0 Å². The Balaban J connectivity index is 1.93. The monoisotopic (exact) mass is 335 g/mol. The number of aryl methyl sites for hydroxylation is 2. The van der Waals surface area contributed by atoms with E-state index in [1.54, 1.807) is 0 Å². The highest BCUT2D eigenvalue weighted by atomic mass is 16.5. The molecule has 0 bridgehead atoms. The second kappa shape index (κ2) is 7.14. The van der Waals surface area contributed by atoms with Crippen LogP contribution in [0.1, 0.15) is 47.6 Å². The number of benzene rings is 2. The van der Waals surface area contributed by atoms with E-state index in [9.17, 15) is 4.79 Å². The molecule has 1 heterocycles. The summed E-state index contributed by atoms with van der Waals surface area (Å²) in [7, 11) is 0. The van der Waals surface area contributed by atoms with Crippen LogP contribution in [0.2, 0.25) is 0 Å². The van der Waals surface area contributed by atoms with Gasteiger partial charge in [0.05, 0.1) is 0 Å². The van der Waals surface area contributed by atoms with Gasteiger partial charge >= 0.3 is 0 Å². The van der Waals surface area contributed by atoms with Gasteiger partial charge in [0.15, 0.2) is 6.29 Å². The minimum atomic E-state index is 0.0976. The Morgan fingerprint density at radius 3 is 2.48 bits per heavy atom. The average molecular weight is 335 g/mol. The molecule has 0 aliphatic carbocycles. The van der Waals surface area contributed by atoms with Gasteiger partial charge in [-0.05, 0) is 78.3 Å². The lowest BCUT2D eigenvalue weighted by atomic mass is 9.94. The first-order chi connectivity index (χ1) is 12.0. The standard InChI is InChI=1S/C22H25NO2/c1-14(2)21-13-23-22-6-5-17(12-20(21)22)11-19-15(3)9-18(10-16(19)4)25-8-7-24/h5-7,9-10,12-14,23H,8,11H2,1-4H3. The first kappa shape index (κ1) is 17.3. The Morgan fingerprint density at radius 2 is 1.84 bits per heavy atom. The van der Waals surface area contributed by atoms with Crippen LogP contribution in [0, 0.1) is 13.8 Å². The predicted molar refractivity (Wildman–Crippen MR) is 103 cm³/mol. The van der Waals surface area contributed by atoms with Crippen LogP contribution < -0.4 is 4.74 Å². The number of fused-ring (bicyclic) bond motifs is 1. The average Bonchev–Trinajstić information content (AvgIpc) is 2.99. The molecule has 0 spiro atoms. The molecule has 0 atom stereocenters. The van der Waals surface area contributed by atoms with Gasteiger partial charge < -0.3 is 9.72 Å². The Labute approximate surface area is 149 Å². The summed E-state index contributed by atoms with van der Waals surface area (Å²) in [4.78, 5) is 13.9. The van der Waals surface area contributed by atoms with E-state index in [1.807, 2.05) is 12.1 Å². The molecular weight excluding hydrogens is 310 g/mol. The van der Waals surface area contributed by atoms with Crippen LogP contribution in [0.3, 0.4) is 0 Å². The second-order valence-electron chi connectivity index (χ2n) is 6.97. The zero-order chi connectivity index (χ0) is 18.0. The van der Waals surface area contributed by atoms with Crippen molar-refractivity contribution in [1.82, 2.24) is 4.98 Å². The van der Waals surface area contributed by atoms with Crippen molar-refractivity contribution in [2.45, 2.75) is 40.0 Å². The molecule has 2 aromatic carbocycles. The number of hydrogen-bond donors (Lipinski definition) is 1. The highest BCUT2D eigenvalue weighted by molar-refractivity contribution is 5.84. The molecule has 130 valence electrons. The first-order valence-electron chi connectivity index (χ1n) is 8.76. The van der Waals surface area contributed by atoms with Crippen LogP contribution >= 0.6 is 0 Å². The van der Waals surface area contributed by atoms with E-state index in [2.05, 4.69) is 57.1 Å². The lowest BCUT2D eigenvalue weighted by Gasteiger charge is -2.13. The number of aromatic amines is 1. The summed E-state index contributed by atoms with van der Waals surface area (Å²) in [6, 6.07) is 10.7. The fourth-order valence-corrected chi connectivity index (χ4v) is 3.43. The molecule has 3 heteroatoms. The van der Waals surface area contributed by atoms with Crippen molar-refractivity contribution in [3.05, 3.63) is 64.3 Å². The van der Waals surface area contributed by atoms with Crippen LogP contribution in [0.25, 0.3) is 10.9 Å². The molecule has 3 aromatic rings. The normalized spacial score (nSPS) is 11.2. The fraction of sp³-hybridized carbons (Fsp3) is 0.318. The molecule has 25 heavy (non-hydrogen) atoms. The number of carbonyl (C=O) groups excluding carboxylic acids is 1. The Bertz CT molecular complexity index is 883. The minimum Gasteiger partial charge on any atom is -0.486 e. The zero-order valence-corrected chi connectivity index (χ0v) is 15.3. The molecule has 0 unspecified atom stereocenters. The van der Waals surface area contributed by atoms with E-state index in [-0.39, 0.29) is 6.61 Å².